The highest BCUT2D eigenvalue weighted by Crippen LogP contribution is 2.31. The van der Waals surface area contributed by atoms with Gasteiger partial charge in [0.1, 0.15) is 5.92 Å². The molecule has 1 aliphatic rings. The standard InChI is InChI=1S/C14H11BrN2O3/c15-9-6-8-2-1-3-11(12(8)16-7-9)17-5-4-10(13(17)18)14(19)20/h1-3,6-7,10H,4-5H2,(H,19,20). The van der Waals surface area contributed by atoms with Gasteiger partial charge in [0.25, 0.3) is 0 Å². The first-order valence-electron chi connectivity index (χ1n) is 6.16. The summed E-state index contributed by atoms with van der Waals surface area (Å²) in [5.41, 5.74) is 1.37. The molecule has 102 valence electrons. The van der Waals surface area contributed by atoms with E-state index in [4.69, 9.17) is 5.11 Å². The highest BCUT2D eigenvalue weighted by atomic mass is 79.9. The summed E-state index contributed by atoms with van der Waals surface area (Å²) in [4.78, 5) is 29.1. The van der Waals surface area contributed by atoms with Crippen LogP contribution in [0.3, 0.4) is 0 Å². The van der Waals surface area contributed by atoms with E-state index in [0.29, 0.717) is 24.2 Å². The molecule has 20 heavy (non-hydrogen) atoms. The van der Waals surface area contributed by atoms with Gasteiger partial charge in [-0.3, -0.25) is 14.6 Å². The lowest BCUT2D eigenvalue weighted by atomic mass is 10.1. The normalized spacial score (nSPS) is 18.8. The summed E-state index contributed by atoms with van der Waals surface area (Å²) >= 11 is 3.36. The quantitative estimate of drug-likeness (QED) is 0.856. The second kappa shape index (κ2) is 4.86. The number of anilines is 1. The number of carboxylic acid groups (broad SMARTS) is 1. The fraction of sp³-hybridized carbons (Fsp3) is 0.214. The number of para-hydroxylation sites is 1. The maximum atomic E-state index is 12.2. The van der Waals surface area contributed by atoms with Crippen molar-refractivity contribution in [3.8, 4) is 0 Å². The number of carbonyl (C=O) groups excluding carboxylic acids is 1. The molecule has 1 atom stereocenters. The topological polar surface area (TPSA) is 70.5 Å². The molecule has 1 unspecified atom stereocenters. The van der Waals surface area contributed by atoms with Gasteiger partial charge >= 0.3 is 5.97 Å². The van der Waals surface area contributed by atoms with Crippen molar-refractivity contribution in [1.29, 1.82) is 0 Å². The van der Waals surface area contributed by atoms with Crippen molar-refractivity contribution >= 4 is 44.4 Å². The average Bonchev–Trinajstić information content (AvgIpc) is 2.79. The Morgan fingerprint density at radius 3 is 2.95 bits per heavy atom. The van der Waals surface area contributed by atoms with E-state index >= 15 is 0 Å². The van der Waals surface area contributed by atoms with Gasteiger partial charge in [-0.25, -0.2) is 0 Å². The van der Waals surface area contributed by atoms with Crippen LogP contribution in [-0.2, 0) is 9.59 Å². The fourth-order valence-corrected chi connectivity index (χ4v) is 2.83. The van der Waals surface area contributed by atoms with Crippen LogP contribution in [-0.4, -0.2) is 28.5 Å². The number of carboxylic acids is 1. The Hall–Kier alpha value is -1.95. The molecule has 1 fully saturated rings. The van der Waals surface area contributed by atoms with E-state index in [-0.39, 0.29) is 5.91 Å². The molecule has 2 heterocycles. The molecule has 1 N–H and O–H groups in total. The molecule has 1 aromatic heterocycles. The lowest BCUT2D eigenvalue weighted by Gasteiger charge is -2.17. The van der Waals surface area contributed by atoms with Crippen molar-refractivity contribution in [1.82, 2.24) is 4.98 Å². The Labute approximate surface area is 123 Å². The number of hydrogen-bond acceptors (Lipinski definition) is 3. The van der Waals surface area contributed by atoms with Gasteiger partial charge in [-0.2, -0.15) is 0 Å². The number of rotatable bonds is 2. The van der Waals surface area contributed by atoms with Crippen LogP contribution < -0.4 is 4.90 Å². The van der Waals surface area contributed by atoms with Gasteiger partial charge in [-0.15, -0.1) is 0 Å². The molecular formula is C14H11BrN2O3. The van der Waals surface area contributed by atoms with E-state index in [1.54, 1.807) is 12.3 Å². The Bertz CT molecular complexity index is 717. The van der Waals surface area contributed by atoms with Gasteiger partial charge in [-0.05, 0) is 34.5 Å². The minimum atomic E-state index is -1.06. The SMILES string of the molecule is O=C(O)C1CCN(c2cccc3cc(Br)cnc23)C1=O. The van der Waals surface area contributed by atoms with E-state index in [1.807, 2.05) is 18.2 Å². The van der Waals surface area contributed by atoms with Gasteiger partial charge in [0.15, 0.2) is 0 Å². The van der Waals surface area contributed by atoms with Crippen molar-refractivity contribution < 1.29 is 14.7 Å². The number of carbonyl (C=O) groups is 2. The van der Waals surface area contributed by atoms with Crippen molar-refractivity contribution in [2.24, 2.45) is 5.92 Å². The number of aliphatic carboxylic acids is 1. The number of hydrogen-bond donors (Lipinski definition) is 1. The van der Waals surface area contributed by atoms with Gasteiger partial charge in [0.2, 0.25) is 5.91 Å². The monoisotopic (exact) mass is 334 g/mol. The van der Waals surface area contributed by atoms with Crippen LogP contribution >= 0.6 is 15.9 Å². The van der Waals surface area contributed by atoms with Crippen LogP contribution in [0.15, 0.2) is 34.9 Å². The van der Waals surface area contributed by atoms with Crippen molar-refractivity contribution in [2.75, 3.05) is 11.4 Å². The Morgan fingerprint density at radius 1 is 1.45 bits per heavy atom. The van der Waals surface area contributed by atoms with Crippen LogP contribution in [0.1, 0.15) is 6.42 Å². The van der Waals surface area contributed by atoms with E-state index in [1.165, 1.54) is 4.90 Å². The summed E-state index contributed by atoms with van der Waals surface area (Å²) in [7, 11) is 0. The first kappa shape index (κ1) is 13.1. The van der Waals surface area contributed by atoms with Gasteiger partial charge < -0.3 is 10.0 Å². The van der Waals surface area contributed by atoms with Crippen LogP contribution in [0.4, 0.5) is 5.69 Å². The molecule has 3 rings (SSSR count). The molecule has 6 heteroatoms. The van der Waals surface area contributed by atoms with Crippen molar-refractivity contribution in [2.45, 2.75) is 6.42 Å². The third-order valence-corrected chi connectivity index (χ3v) is 3.88. The lowest BCUT2D eigenvalue weighted by molar-refractivity contribution is -0.144. The smallest absolute Gasteiger partial charge is 0.316 e. The van der Waals surface area contributed by atoms with E-state index < -0.39 is 11.9 Å². The highest BCUT2D eigenvalue weighted by molar-refractivity contribution is 9.10. The number of aromatic nitrogens is 1. The summed E-state index contributed by atoms with van der Waals surface area (Å²) < 4.78 is 0.860. The third-order valence-electron chi connectivity index (χ3n) is 3.45. The average molecular weight is 335 g/mol. The van der Waals surface area contributed by atoms with Gasteiger partial charge in [0.05, 0.1) is 11.2 Å². The van der Waals surface area contributed by atoms with E-state index in [0.717, 1.165) is 9.86 Å². The number of fused-ring (bicyclic) bond motifs is 1. The molecule has 0 spiro atoms. The summed E-state index contributed by atoms with van der Waals surface area (Å²) in [6.45, 7) is 0.409. The van der Waals surface area contributed by atoms with Crippen molar-refractivity contribution in [3.05, 3.63) is 34.9 Å². The Kier molecular flexibility index (Phi) is 3.17. The molecule has 0 aliphatic carbocycles. The van der Waals surface area contributed by atoms with Crippen LogP contribution in [0.5, 0.6) is 0 Å². The Balaban J connectivity index is 2.07. The lowest BCUT2D eigenvalue weighted by Crippen LogP contribution is -2.30. The van der Waals surface area contributed by atoms with E-state index in [9.17, 15) is 9.59 Å². The molecule has 1 aromatic carbocycles. The molecule has 0 radical (unpaired) electrons. The molecule has 5 nitrogen and oxygen atoms in total. The molecule has 1 saturated heterocycles. The van der Waals surface area contributed by atoms with Crippen LogP contribution in [0.2, 0.25) is 0 Å². The molecule has 0 bridgehead atoms. The minimum absolute atomic E-state index is 0.334. The first-order valence-corrected chi connectivity index (χ1v) is 6.95. The number of pyridine rings is 1. The molecule has 1 amide bonds. The summed E-state index contributed by atoms with van der Waals surface area (Å²) in [5.74, 6) is -2.37. The second-order valence-electron chi connectivity index (χ2n) is 4.67. The minimum Gasteiger partial charge on any atom is -0.481 e. The molecule has 2 aromatic rings. The molecule has 1 aliphatic heterocycles. The zero-order valence-corrected chi connectivity index (χ0v) is 12.0. The summed E-state index contributed by atoms with van der Waals surface area (Å²) in [5, 5.41) is 9.93. The molecule has 0 saturated carbocycles. The largest absolute Gasteiger partial charge is 0.481 e. The fourth-order valence-electron chi connectivity index (χ4n) is 2.48. The number of nitrogens with zero attached hydrogens (tertiary/aromatic N) is 2. The predicted octanol–water partition coefficient (Wildman–Crippen LogP) is 2.43. The first-order chi connectivity index (χ1) is 9.58. The second-order valence-corrected chi connectivity index (χ2v) is 5.59. The molecular weight excluding hydrogens is 324 g/mol. The van der Waals surface area contributed by atoms with E-state index in [2.05, 4.69) is 20.9 Å². The zero-order chi connectivity index (χ0) is 14.3. The van der Waals surface area contributed by atoms with Gasteiger partial charge in [-0.1, -0.05) is 12.1 Å². The third kappa shape index (κ3) is 2.06. The maximum Gasteiger partial charge on any atom is 0.316 e. The van der Waals surface area contributed by atoms with Crippen molar-refractivity contribution in [3.63, 3.8) is 0 Å². The maximum absolute atomic E-state index is 12.2. The predicted molar refractivity (Wildman–Crippen MR) is 77.5 cm³/mol. The highest BCUT2D eigenvalue weighted by Gasteiger charge is 2.38. The zero-order valence-electron chi connectivity index (χ0n) is 10.4. The van der Waals surface area contributed by atoms with Crippen LogP contribution in [0.25, 0.3) is 10.9 Å². The number of benzene rings is 1. The van der Waals surface area contributed by atoms with Gasteiger partial charge in [0, 0.05) is 22.6 Å². The summed E-state index contributed by atoms with van der Waals surface area (Å²) in [6, 6.07) is 7.46. The van der Waals surface area contributed by atoms with Crippen LogP contribution in [0, 0.1) is 5.92 Å². The summed E-state index contributed by atoms with van der Waals surface area (Å²) in [6.07, 6.45) is 2.00. The Morgan fingerprint density at radius 2 is 2.25 bits per heavy atom. The number of amides is 1. The number of halogens is 1.